The molecule has 0 fully saturated rings. The average molecular weight is 686 g/mol. The highest BCUT2D eigenvalue weighted by Gasteiger charge is 2.21. The van der Waals surface area contributed by atoms with Crippen molar-refractivity contribution in [1.29, 1.82) is 0 Å². The minimum Gasteiger partial charge on any atom is -0.308 e. The van der Waals surface area contributed by atoms with Gasteiger partial charge in [0.25, 0.3) is 0 Å². The standard InChI is InChI=1S/C48H31NS2/c1-3-13-33(14-4-1)37-30-27-35(31-42(37)34-15-5-2-6-16-34)32-25-28-36(29-26-32)49(43-21-11-19-40-38-17-7-9-23-45(38)50-47(40)43)44-22-12-20-41-39-18-8-10-24-46(39)51-48(41)44/h1-31H. The maximum atomic E-state index is 2.48. The highest BCUT2D eigenvalue weighted by Crippen LogP contribution is 2.49. The van der Waals surface area contributed by atoms with E-state index >= 15 is 0 Å². The number of benzene rings is 8. The van der Waals surface area contributed by atoms with Gasteiger partial charge in [-0.2, -0.15) is 0 Å². The molecule has 0 atom stereocenters. The zero-order valence-electron chi connectivity index (χ0n) is 27.7. The summed E-state index contributed by atoms with van der Waals surface area (Å²) in [4.78, 5) is 2.48. The summed E-state index contributed by atoms with van der Waals surface area (Å²) in [5.41, 5.74) is 10.8. The third kappa shape index (κ3) is 5.13. The quantitative estimate of drug-likeness (QED) is 0.168. The van der Waals surface area contributed by atoms with Gasteiger partial charge in [0.2, 0.25) is 0 Å². The minimum atomic E-state index is 1.14. The van der Waals surface area contributed by atoms with E-state index in [9.17, 15) is 0 Å². The SMILES string of the molecule is c1ccc(-c2ccc(-c3ccc(N(c4cccc5c4sc4ccccc45)c4cccc5c4sc4ccccc45)cc3)cc2-c2ccccc2)cc1. The molecule has 3 heteroatoms. The molecule has 51 heavy (non-hydrogen) atoms. The molecule has 0 aliphatic rings. The Kier molecular flexibility index (Phi) is 7.26. The van der Waals surface area contributed by atoms with Crippen LogP contribution in [0.25, 0.3) is 73.7 Å². The van der Waals surface area contributed by atoms with E-state index in [0.29, 0.717) is 0 Å². The van der Waals surface area contributed by atoms with Crippen molar-refractivity contribution < 1.29 is 0 Å². The van der Waals surface area contributed by atoms with Gasteiger partial charge in [-0.25, -0.2) is 0 Å². The second kappa shape index (κ2) is 12.4. The van der Waals surface area contributed by atoms with Crippen molar-refractivity contribution >= 4 is 80.1 Å². The molecule has 240 valence electrons. The maximum Gasteiger partial charge on any atom is 0.0640 e. The predicted octanol–water partition coefficient (Wildman–Crippen LogP) is 14.9. The van der Waals surface area contributed by atoms with Gasteiger partial charge in [0, 0.05) is 36.6 Å². The molecule has 0 saturated carbocycles. The molecule has 2 aromatic heterocycles. The van der Waals surface area contributed by atoms with Crippen LogP contribution in [0.3, 0.4) is 0 Å². The van der Waals surface area contributed by atoms with Crippen LogP contribution in [0.1, 0.15) is 0 Å². The molecule has 0 radical (unpaired) electrons. The summed E-state index contributed by atoms with van der Waals surface area (Å²) in [6, 6.07) is 68.5. The van der Waals surface area contributed by atoms with E-state index in [-0.39, 0.29) is 0 Å². The maximum absolute atomic E-state index is 2.48. The topological polar surface area (TPSA) is 3.24 Å². The minimum absolute atomic E-state index is 1.14. The van der Waals surface area contributed by atoms with Crippen LogP contribution in [0, 0.1) is 0 Å². The van der Waals surface area contributed by atoms with Crippen molar-refractivity contribution in [2.75, 3.05) is 4.90 Å². The van der Waals surface area contributed by atoms with Gasteiger partial charge in [-0.1, -0.05) is 146 Å². The van der Waals surface area contributed by atoms with E-state index in [4.69, 9.17) is 0 Å². The Hall–Kier alpha value is -6.00. The van der Waals surface area contributed by atoms with Gasteiger partial charge in [-0.15, -0.1) is 22.7 Å². The van der Waals surface area contributed by atoms with E-state index in [1.165, 1.54) is 85.1 Å². The predicted molar refractivity (Wildman–Crippen MR) is 223 cm³/mol. The Balaban J connectivity index is 1.15. The molecule has 2 heterocycles. The van der Waals surface area contributed by atoms with Gasteiger partial charge >= 0.3 is 0 Å². The highest BCUT2D eigenvalue weighted by molar-refractivity contribution is 7.27. The van der Waals surface area contributed by atoms with Gasteiger partial charge in [-0.3, -0.25) is 0 Å². The van der Waals surface area contributed by atoms with Crippen LogP contribution >= 0.6 is 22.7 Å². The van der Waals surface area contributed by atoms with Gasteiger partial charge in [-0.05, 0) is 75.8 Å². The largest absolute Gasteiger partial charge is 0.308 e. The van der Waals surface area contributed by atoms with E-state index in [1.54, 1.807) is 0 Å². The fourth-order valence-electron chi connectivity index (χ4n) is 7.48. The molecule has 0 amide bonds. The van der Waals surface area contributed by atoms with Gasteiger partial charge in [0.1, 0.15) is 0 Å². The summed E-state index contributed by atoms with van der Waals surface area (Å²) in [5.74, 6) is 0. The van der Waals surface area contributed by atoms with Crippen molar-refractivity contribution in [2.24, 2.45) is 0 Å². The monoisotopic (exact) mass is 685 g/mol. The number of anilines is 3. The number of fused-ring (bicyclic) bond motifs is 6. The first-order valence-electron chi connectivity index (χ1n) is 17.3. The van der Waals surface area contributed by atoms with E-state index in [2.05, 4.69) is 193 Å². The Morgan fingerprint density at radius 3 is 1.35 bits per heavy atom. The molecular weight excluding hydrogens is 655 g/mol. The van der Waals surface area contributed by atoms with Crippen molar-refractivity contribution in [2.45, 2.75) is 0 Å². The zero-order valence-corrected chi connectivity index (χ0v) is 29.3. The second-order valence-electron chi connectivity index (χ2n) is 12.9. The zero-order chi connectivity index (χ0) is 33.7. The first-order chi connectivity index (χ1) is 25.3. The molecular formula is C48H31NS2. The molecule has 0 unspecified atom stereocenters. The van der Waals surface area contributed by atoms with E-state index in [0.717, 1.165) is 5.69 Å². The lowest BCUT2D eigenvalue weighted by molar-refractivity contribution is 1.32. The second-order valence-corrected chi connectivity index (χ2v) is 15.0. The summed E-state index contributed by atoms with van der Waals surface area (Å²) in [6.45, 7) is 0. The van der Waals surface area contributed by atoms with Gasteiger partial charge in [0.05, 0.1) is 20.8 Å². The van der Waals surface area contributed by atoms with Crippen LogP contribution in [-0.4, -0.2) is 0 Å². The van der Waals surface area contributed by atoms with Crippen molar-refractivity contribution in [3.8, 4) is 33.4 Å². The van der Waals surface area contributed by atoms with Crippen molar-refractivity contribution in [1.82, 2.24) is 0 Å². The third-order valence-corrected chi connectivity index (χ3v) is 12.3. The summed E-state index contributed by atoms with van der Waals surface area (Å²) < 4.78 is 5.21. The molecule has 10 rings (SSSR count). The van der Waals surface area contributed by atoms with Gasteiger partial charge < -0.3 is 4.90 Å². The number of hydrogen-bond donors (Lipinski definition) is 0. The number of nitrogens with zero attached hydrogens (tertiary/aromatic N) is 1. The molecule has 0 saturated heterocycles. The lowest BCUT2D eigenvalue weighted by Gasteiger charge is -2.27. The van der Waals surface area contributed by atoms with E-state index in [1.807, 2.05) is 22.7 Å². The third-order valence-electron chi connectivity index (χ3n) is 9.90. The molecule has 1 nitrogen and oxygen atoms in total. The normalized spacial score (nSPS) is 11.5. The Morgan fingerprint density at radius 1 is 0.314 bits per heavy atom. The first-order valence-corrected chi connectivity index (χ1v) is 18.9. The number of rotatable bonds is 6. The average Bonchev–Trinajstić information content (AvgIpc) is 3.78. The lowest BCUT2D eigenvalue weighted by atomic mass is 9.91. The number of thiophene rings is 2. The summed E-state index contributed by atoms with van der Waals surface area (Å²) >= 11 is 3.75. The highest BCUT2D eigenvalue weighted by atomic mass is 32.1. The van der Waals surface area contributed by atoms with Crippen LogP contribution in [0.4, 0.5) is 17.1 Å². The summed E-state index contributed by atoms with van der Waals surface area (Å²) in [5, 5.41) is 5.21. The molecule has 0 aliphatic heterocycles. The first kappa shape index (κ1) is 29.9. The fraction of sp³-hybridized carbons (Fsp3) is 0. The van der Waals surface area contributed by atoms with Crippen LogP contribution < -0.4 is 4.90 Å². The molecule has 8 aromatic carbocycles. The van der Waals surface area contributed by atoms with Crippen LogP contribution in [-0.2, 0) is 0 Å². The Morgan fingerprint density at radius 2 is 0.784 bits per heavy atom. The Bertz CT molecular complexity index is 2730. The lowest BCUT2D eigenvalue weighted by Crippen LogP contribution is -2.10. The van der Waals surface area contributed by atoms with Crippen LogP contribution in [0.15, 0.2) is 188 Å². The van der Waals surface area contributed by atoms with Crippen molar-refractivity contribution in [3.63, 3.8) is 0 Å². The Labute approximate surface area is 304 Å². The fourth-order valence-corrected chi connectivity index (χ4v) is 9.89. The van der Waals surface area contributed by atoms with Gasteiger partial charge in [0.15, 0.2) is 0 Å². The summed E-state index contributed by atoms with van der Waals surface area (Å²) in [7, 11) is 0. The summed E-state index contributed by atoms with van der Waals surface area (Å²) in [6.07, 6.45) is 0. The van der Waals surface area contributed by atoms with Crippen molar-refractivity contribution in [3.05, 3.63) is 188 Å². The molecule has 0 N–H and O–H groups in total. The van der Waals surface area contributed by atoms with E-state index < -0.39 is 0 Å². The van der Waals surface area contributed by atoms with Crippen LogP contribution in [0.5, 0.6) is 0 Å². The molecule has 0 aliphatic carbocycles. The smallest absolute Gasteiger partial charge is 0.0640 e. The molecule has 10 aromatic rings. The molecule has 0 spiro atoms. The molecule has 0 bridgehead atoms. The van der Waals surface area contributed by atoms with Crippen LogP contribution in [0.2, 0.25) is 0 Å². The number of hydrogen-bond acceptors (Lipinski definition) is 3.